The van der Waals surface area contributed by atoms with Crippen LogP contribution in [0.3, 0.4) is 0 Å². The van der Waals surface area contributed by atoms with Gasteiger partial charge in [0.25, 0.3) is 0 Å². The van der Waals surface area contributed by atoms with E-state index in [1.165, 1.54) is 16.9 Å². The average Bonchev–Trinajstić information content (AvgIpc) is 2.96. The first-order chi connectivity index (χ1) is 10.3. The van der Waals surface area contributed by atoms with Gasteiger partial charge in [0.1, 0.15) is 0 Å². The third-order valence-electron chi connectivity index (χ3n) is 4.02. The van der Waals surface area contributed by atoms with Crippen molar-refractivity contribution in [2.24, 2.45) is 5.10 Å². The lowest BCUT2D eigenvalue weighted by Gasteiger charge is -2.16. The second-order valence-corrected chi connectivity index (χ2v) is 5.35. The number of anilines is 2. The number of fused-ring (bicyclic) bond motifs is 1. The van der Waals surface area contributed by atoms with Gasteiger partial charge in [-0.25, -0.2) is 0 Å². The van der Waals surface area contributed by atoms with Crippen LogP contribution in [0.25, 0.3) is 0 Å². The molecular formula is C18H21N3. The summed E-state index contributed by atoms with van der Waals surface area (Å²) in [5.74, 6) is 0. The first-order valence-corrected chi connectivity index (χ1v) is 7.48. The SMILES string of the molecule is CCN(C)c1ccc(/C=N/N2CCc3ccccc32)cc1. The van der Waals surface area contributed by atoms with Gasteiger partial charge >= 0.3 is 0 Å². The Balaban J connectivity index is 1.72. The van der Waals surface area contributed by atoms with Crippen molar-refractivity contribution in [3.63, 3.8) is 0 Å². The van der Waals surface area contributed by atoms with Crippen LogP contribution in [0.2, 0.25) is 0 Å². The molecule has 1 aliphatic heterocycles. The molecule has 3 nitrogen and oxygen atoms in total. The standard InChI is InChI=1S/C18H21N3/c1-3-20(2)17-10-8-15(9-11-17)14-19-21-13-12-16-6-4-5-7-18(16)21/h4-11,14H,3,12-13H2,1-2H3/b19-14+. The van der Waals surface area contributed by atoms with E-state index in [-0.39, 0.29) is 0 Å². The number of hydrazone groups is 1. The Morgan fingerprint density at radius 2 is 1.90 bits per heavy atom. The minimum atomic E-state index is 0.965. The predicted molar refractivity (Wildman–Crippen MR) is 90.5 cm³/mol. The molecule has 1 aliphatic rings. The Hall–Kier alpha value is -2.29. The topological polar surface area (TPSA) is 18.8 Å². The summed E-state index contributed by atoms with van der Waals surface area (Å²) in [5, 5.41) is 6.71. The molecule has 0 aromatic heterocycles. The van der Waals surface area contributed by atoms with Gasteiger partial charge in [0.05, 0.1) is 11.9 Å². The fourth-order valence-corrected chi connectivity index (χ4v) is 2.57. The number of para-hydroxylation sites is 1. The highest BCUT2D eigenvalue weighted by atomic mass is 15.5. The average molecular weight is 279 g/mol. The summed E-state index contributed by atoms with van der Waals surface area (Å²) in [7, 11) is 2.10. The van der Waals surface area contributed by atoms with Crippen LogP contribution in [0.15, 0.2) is 53.6 Å². The lowest BCUT2D eigenvalue weighted by atomic mass is 10.2. The van der Waals surface area contributed by atoms with E-state index in [4.69, 9.17) is 0 Å². The minimum Gasteiger partial charge on any atom is -0.375 e. The van der Waals surface area contributed by atoms with E-state index < -0.39 is 0 Å². The Morgan fingerprint density at radius 1 is 1.14 bits per heavy atom. The number of hydrogen-bond acceptors (Lipinski definition) is 3. The second-order valence-electron chi connectivity index (χ2n) is 5.35. The van der Waals surface area contributed by atoms with Crippen LogP contribution < -0.4 is 9.91 Å². The fraction of sp³-hybridized carbons (Fsp3) is 0.278. The van der Waals surface area contributed by atoms with E-state index in [0.29, 0.717) is 0 Å². The molecule has 0 spiro atoms. The normalized spacial score (nSPS) is 13.7. The van der Waals surface area contributed by atoms with Crippen LogP contribution in [0.1, 0.15) is 18.1 Å². The van der Waals surface area contributed by atoms with Gasteiger partial charge in [0.2, 0.25) is 0 Å². The molecule has 1 heterocycles. The Morgan fingerprint density at radius 3 is 2.67 bits per heavy atom. The van der Waals surface area contributed by atoms with E-state index in [0.717, 1.165) is 25.1 Å². The van der Waals surface area contributed by atoms with Gasteiger partial charge < -0.3 is 4.90 Å². The molecule has 3 heteroatoms. The monoisotopic (exact) mass is 279 g/mol. The zero-order valence-corrected chi connectivity index (χ0v) is 12.7. The molecule has 0 saturated carbocycles. The third-order valence-corrected chi connectivity index (χ3v) is 4.02. The van der Waals surface area contributed by atoms with Crippen LogP contribution in [-0.4, -0.2) is 26.4 Å². The van der Waals surface area contributed by atoms with Crippen molar-refractivity contribution in [1.82, 2.24) is 0 Å². The predicted octanol–water partition coefficient (Wildman–Crippen LogP) is 3.54. The Bertz CT molecular complexity index is 631. The van der Waals surface area contributed by atoms with Crippen LogP contribution in [0.4, 0.5) is 11.4 Å². The van der Waals surface area contributed by atoms with Crippen molar-refractivity contribution in [2.45, 2.75) is 13.3 Å². The highest BCUT2D eigenvalue weighted by Crippen LogP contribution is 2.27. The third kappa shape index (κ3) is 2.92. The number of hydrogen-bond donors (Lipinski definition) is 0. The van der Waals surface area contributed by atoms with Gasteiger partial charge in [-0.3, -0.25) is 5.01 Å². The molecule has 0 fully saturated rings. The van der Waals surface area contributed by atoms with Gasteiger partial charge in [-0.05, 0) is 42.7 Å². The van der Waals surface area contributed by atoms with E-state index >= 15 is 0 Å². The molecule has 3 rings (SSSR count). The van der Waals surface area contributed by atoms with Crippen molar-refractivity contribution in [3.05, 3.63) is 59.7 Å². The fourth-order valence-electron chi connectivity index (χ4n) is 2.57. The number of nitrogens with zero attached hydrogens (tertiary/aromatic N) is 3. The van der Waals surface area contributed by atoms with Crippen molar-refractivity contribution in [3.8, 4) is 0 Å². The first kappa shape index (κ1) is 13.7. The minimum absolute atomic E-state index is 0.965. The molecule has 108 valence electrons. The molecule has 0 saturated heterocycles. The molecule has 0 atom stereocenters. The molecule has 2 aromatic carbocycles. The maximum Gasteiger partial charge on any atom is 0.0626 e. The molecule has 0 radical (unpaired) electrons. The van der Waals surface area contributed by atoms with Crippen molar-refractivity contribution in [1.29, 1.82) is 0 Å². The first-order valence-electron chi connectivity index (χ1n) is 7.48. The molecule has 2 aromatic rings. The van der Waals surface area contributed by atoms with Gasteiger partial charge in [-0.2, -0.15) is 5.10 Å². The maximum atomic E-state index is 4.62. The van der Waals surface area contributed by atoms with Gasteiger partial charge in [-0.15, -0.1) is 0 Å². The molecule has 21 heavy (non-hydrogen) atoms. The molecule has 0 amide bonds. The van der Waals surface area contributed by atoms with Crippen LogP contribution in [-0.2, 0) is 6.42 Å². The van der Waals surface area contributed by atoms with Crippen LogP contribution in [0, 0.1) is 0 Å². The largest absolute Gasteiger partial charge is 0.375 e. The highest BCUT2D eigenvalue weighted by molar-refractivity contribution is 5.81. The molecule has 0 aliphatic carbocycles. The van der Waals surface area contributed by atoms with Crippen LogP contribution >= 0.6 is 0 Å². The molecular weight excluding hydrogens is 258 g/mol. The number of rotatable bonds is 4. The Labute approximate surface area is 126 Å². The summed E-state index contributed by atoms with van der Waals surface area (Å²) in [5.41, 5.74) is 4.99. The highest BCUT2D eigenvalue weighted by Gasteiger charge is 2.16. The summed E-state index contributed by atoms with van der Waals surface area (Å²) in [4.78, 5) is 2.22. The smallest absolute Gasteiger partial charge is 0.0626 e. The van der Waals surface area contributed by atoms with E-state index in [2.05, 4.69) is 77.5 Å². The van der Waals surface area contributed by atoms with Gasteiger partial charge in [0, 0.05) is 25.8 Å². The summed E-state index contributed by atoms with van der Waals surface area (Å²) < 4.78 is 0. The zero-order valence-electron chi connectivity index (χ0n) is 12.7. The summed E-state index contributed by atoms with van der Waals surface area (Å²) in [6, 6.07) is 17.0. The van der Waals surface area contributed by atoms with E-state index in [9.17, 15) is 0 Å². The lowest BCUT2D eigenvalue weighted by molar-refractivity contribution is 0.896. The van der Waals surface area contributed by atoms with E-state index in [1.807, 2.05) is 6.21 Å². The number of benzene rings is 2. The van der Waals surface area contributed by atoms with Crippen molar-refractivity contribution < 1.29 is 0 Å². The zero-order chi connectivity index (χ0) is 14.7. The van der Waals surface area contributed by atoms with Gasteiger partial charge in [-0.1, -0.05) is 30.3 Å². The summed E-state index contributed by atoms with van der Waals surface area (Å²) in [6.45, 7) is 4.13. The molecule has 0 bridgehead atoms. The van der Waals surface area contributed by atoms with Gasteiger partial charge in [0.15, 0.2) is 0 Å². The quantitative estimate of drug-likeness (QED) is 0.797. The van der Waals surface area contributed by atoms with Crippen molar-refractivity contribution in [2.75, 3.05) is 30.0 Å². The summed E-state index contributed by atoms with van der Waals surface area (Å²) >= 11 is 0. The molecule has 0 unspecified atom stereocenters. The second kappa shape index (κ2) is 6.00. The van der Waals surface area contributed by atoms with Crippen LogP contribution in [0.5, 0.6) is 0 Å². The summed E-state index contributed by atoms with van der Waals surface area (Å²) in [6.07, 6.45) is 3.02. The van der Waals surface area contributed by atoms with Crippen molar-refractivity contribution >= 4 is 17.6 Å². The maximum absolute atomic E-state index is 4.62. The lowest BCUT2D eigenvalue weighted by Crippen LogP contribution is -2.15. The Kier molecular flexibility index (Phi) is 3.91. The molecule has 0 N–H and O–H groups in total. The van der Waals surface area contributed by atoms with E-state index in [1.54, 1.807) is 0 Å².